The average molecular weight is 551 g/mol. The Balaban J connectivity index is 1.94. The predicted octanol–water partition coefficient (Wildman–Crippen LogP) is 5.91. The van der Waals surface area contributed by atoms with Crippen molar-refractivity contribution in [2.75, 3.05) is 5.32 Å². The molecule has 39 heavy (non-hydrogen) atoms. The Labute approximate surface area is 220 Å². The predicted molar refractivity (Wildman–Crippen MR) is 131 cm³/mol. The van der Waals surface area contributed by atoms with E-state index >= 15 is 0 Å². The van der Waals surface area contributed by atoms with Crippen LogP contribution in [-0.2, 0) is 10.3 Å². The number of aryl methyl sites for hydroxylation is 1. The van der Waals surface area contributed by atoms with Gasteiger partial charge in [-0.05, 0) is 58.4 Å². The van der Waals surface area contributed by atoms with Crippen molar-refractivity contribution in [3.8, 4) is 17.5 Å². The van der Waals surface area contributed by atoms with E-state index in [1.165, 1.54) is 18.2 Å². The Morgan fingerprint density at radius 2 is 1.92 bits per heavy atom. The molecule has 1 amide bonds. The molecule has 13 heteroatoms. The number of fused-ring (bicyclic) bond motifs is 7. The van der Waals surface area contributed by atoms with Crippen molar-refractivity contribution < 1.29 is 41.4 Å². The van der Waals surface area contributed by atoms with Crippen molar-refractivity contribution in [2.45, 2.75) is 64.5 Å². The number of carbonyl (C=O) groups is 1. The summed E-state index contributed by atoms with van der Waals surface area (Å²) in [5.74, 6) is -3.19. The van der Waals surface area contributed by atoms with Gasteiger partial charge in [0, 0.05) is 17.5 Å². The number of nitrogens with zero attached hydrogens (tertiary/aromatic N) is 3. The van der Waals surface area contributed by atoms with Crippen molar-refractivity contribution in [1.29, 1.82) is 0 Å². The van der Waals surface area contributed by atoms with Gasteiger partial charge in [-0.3, -0.25) is 5.32 Å². The highest BCUT2D eigenvalue weighted by Crippen LogP contribution is 2.46. The van der Waals surface area contributed by atoms with Crippen molar-refractivity contribution in [3.63, 3.8) is 0 Å². The number of anilines is 1. The van der Waals surface area contributed by atoms with Crippen LogP contribution in [0, 0.1) is 12.7 Å². The van der Waals surface area contributed by atoms with Gasteiger partial charge in [0.15, 0.2) is 5.69 Å². The minimum absolute atomic E-state index is 0.0371. The zero-order valence-corrected chi connectivity index (χ0v) is 21.7. The maximum absolute atomic E-state index is 14.8. The SMILES string of the molecule is Cc1cc(NC(=O)OC(C)(C)C)c2nc1O[C@H](C)CC=Cc1ccc(F)c(c1)C(O)(C(F)(F)F)c1nnc-2o1. The van der Waals surface area contributed by atoms with Crippen LogP contribution in [0.25, 0.3) is 17.7 Å². The van der Waals surface area contributed by atoms with Gasteiger partial charge >= 0.3 is 12.3 Å². The lowest BCUT2D eigenvalue weighted by atomic mass is 9.90. The number of alkyl halides is 3. The number of rotatable bonds is 1. The Morgan fingerprint density at radius 1 is 1.21 bits per heavy atom. The molecule has 1 aliphatic heterocycles. The van der Waals surface area contributed by atoms with Gasteiger partial charge in [-0.1, -0.05) is 18.2 Å². The van der Waals surface area contributed by atoms with E-state index in [0.717, 1.165) is 12.1 Å². The summed E-state index contributed by atoms with van der Waals surface area (Å²) in [5.41, 5.74) is -5.61. The molecule has 0 spiro atoms. The second kappa shape index (κ2) is 9.95. The molecule has 6 bridgehead atoms. The second-order valence-electron chi connectivity index (χ2n) is 10.1. The standard InChI is InChI=1S/C26H26F4N4O5/c1-13-11-18(31-23(35)39-24(3,4)5)19-21-33-34-22(38-21)25(36,26(28,29)30)16-12-15(9-10-17(16)27)8-6-7-14(2)37-20(13)32-19/h6,8-12,14,36H,7H2,1-5H3,(H,31,35)/t14-,25?/m1/s1. The maximum Gasteiger partial charge on any atom is 0.430 e. The molecular formula is C26H26F4N4O5. The third-order valence-corrected chi connectivity index (χ3v) is 5.62. The van der Waals surface area contributed by atoms with Crippen LogP contribution >= 0.6 is 0 Å². The molecule has 0 saturated heterocycles. The van der Waals surface area contributed by atoms with Crippen LogP contribution in [-0.4, -0.2) is 44.3 Å². The molecule has 2 N–H and O–H groups in total. The third kappa shape index (κ3) is 5.72. The van der Waals surface area contributed by atoms with E-state index in [9.17, 15) is 27.5 Å². The molecule has 4 rings (SSSR count). The lowest BCUT2D eigenvalue weighted by Gasteiger charge is -2.28. The number of ether oxygens (including phenoxy) is 2. The first-order valence-corrected chi connectivity index (χ1v) is 11.9. The van der Waals surface area contributed by atoms with Crippen molar-refractivity contribution >= 4 is 17.9 Å². The van der Waals surface area contributed by atoms with Gasteiger partial charge in [0.2, 0.25) is 5.88 Å². The van der Waals surface area contributed by atoms with Gasteiger partial charge in [0.1, 0.15) is 17.5 Å². The summed E-state index contributed by atoms with van der Waals surface area (Å²) >= 11 is 0. The van der Waals surface area contributed by atoms with Gasteiger partial charge in [-0.2, -0.15) is 13.2 Å². The van der Waals surface area contributed by atoms with Gasteiger partial charge < -0.3 is 19.0 Å². The molecule has 1 unspecified atom stereocenters. The lowest BCUT2D eigenvalue weighted by Crippen LogP contribution is -2.44. The number of hydrogen-bond acceptors (Lipinski definition) is 8. The molecule has 2 atom stereocenters. The fourth-order valence-electron chi connectivity index (χ4n) is 3.80. The van der Waals surface area contributed by atoms with Crippen LogP contribution in [0.1, 0.15) is 56.7 Å². The number of halogens is 4. The average Bonchev–Trinajstić information content (AvgIpc) is 3.29. The normalized spacial score (nSPS) is 19.5. The van der Waals surface area contributed by atoms with Crippen LogP contribution in [0.3, 0.4) is 0 Å². The number of benzene rings is 1. The second-order valence-corrected chi connectivity index (χ2v) is 10.1. The van der Waals surface area contributed by atoms with Gasteiger partial charge in [-0.15, -0.1) is 10.2 Å². The van der Waals surface area contributed by atoms with Crippen molar-refractivity contribution in [2.24, 2.45) is 0 Å². The monoisotopic (exact) mass is 550 g/mol. The van der Waals surface area contributed by atoms with E-state index in [1.54, 1.807) is 40.7 Å². The maximum atomic E-state index is 14.8. The van der Waals surface area contributed by atoms with E-state index in [4.69, 9.17) is 13.9 Å². The lowest BCUT2D eigenvalue weighted by molar-refractivity contribution is -0.256. The molecule has 0 saturated carbocycles. The van der Waals surface area contributed by atoms with Gasteiger partial charge in [-0.25, -0.2) is 14.2 Å². The summed E-state index contributed by atoms with van der Waals surface area (Å²) in [6.45, 7) is 8.34. The quantitative estimate of drug-likeness (QED) is 0.359. The van der Waals surface area contributed by atoms with Crippen LogP contribution in [0.4, 0.5) is 28.0 Å². The summed E-state index contributed by atoms with van der Waals surface area (Å²) in [7, 11) is 0. The third-order valence-electron chi connectivity index (χ3n) is 5.62. The molecule has 0 aliphatic carbocycles. The molecular weight excluding hydrogens is 524 g/mol. The van der Waals surface area contributed by atoms with Gasteiger partial charge in [0.25, 0.3) is 17.4 Å². The van der Waals surface area contributed by atoms with Crippen molar-refractivity contribution in [3.05, 3.63) is 58.7 Å². The Morgan fingerprint density at radius 3 is 2.59 bits per heavy atom. The number of aromatic nitrogens is 3. The van der Waals surface area contributed by atoms with Crippen LogP contribution in [0.5, 0.6) is 5.88 Å². The summed E-state index contributed by atoms with van der Waals surface area (Å²) < 4.78 is 74.4. The first kappa shape index (κ1) is 28.0. The zero-order chi connectivity index (χ0) is 28.8. The highest BCUT2D eigenvalue weighted by molar-refractivity contribution is 5.89. The van der Waals surface area contributed by atoms with Crippen LogP contribution in [0.15, 0.2) is 34.8 Å². The fraction of sp³-hybridized carbons (Fsp3) is 0.385. The molecule has 1 aliphatic rings. The summed E-state index contributed by atoms with van der Waals surface area (Å²) in [4.78, 5) is 16.8. The molecule has 2 aromatic heterocycles. The number of amides is 1. The molecule has 0 radical (unpaired) electrons. The Kier molecular flexibility index (Phi) is 7.15. The minimum atomic E-state index is -5.46. The first-order chi connectivity index (χ1) is 18.1. The minimum Gasteiger partial charge on any atom is -0.474 e. The smallest absolute Gasteiger partial charge is 0.430 e. The summed E-state index contributed by atoms with van der Waals surface area (Å²) in [6, 6.07) is 4.37. The van der Waals surface area contributed by atoms with Crippen LogP contribution < -0.4 is 10.1 Å². The van der Waals surface area contributed by atoms with Crippen molar-refractivity contribution in [1.82, 2.24) is 15.2 Å². The Hall–Kier alpha value is -4.00. The fourth-order valence-corrected chi connectivity index (χ4v) is 3.80. The number of carbonyl (C=O) groups excluding carboxylic acids is 1. The van der Waals surface area contributed by atoms with Gasteiger partial charge in [0.05, 0.1) is 5.69 Å². The van der Waals surface area contributed by atoms with E-state index in [0.29, 0.717) is 12.0 Å². The number of nitrogens with one attached hydrogen (secondary N) is 1. The summed E-state index contributed by atoms with van der Waals surface area (Å²) in [5, 5.41) is 20.5. The largest absolute Gasteiger partial charge is 0.474 e. The number of hydrogen-bond donors (Lipinski definition) is 2. The molecule has 208 valence electrons. The Bertz CT molecular complexity index is 1430. The highest BCUT2D eigenvalue weighted by atomic mass is 19.4. The van der Waals surface area contributed by atoms with E-state index in [-0.39, 0.29) is 22.8 Å². The first-order valence-electron chi connectivity index (χ1n) is 11.9. The van der Waals surface area contributed by atoms with Crippen LogP contribution in [0.2, 0.25) is 0 Å². The highest BCUT2D eigenvalue weighted by Gasteiger charge is 2.61. The van der Waals surface area contributed by atoms with E-state index in [1.807, 2.05) is 0 Å². The molecule has 0 fully saturated rings. The van der Waals surface area contributed by atoms with E-state index in [2.05, 4.69) is 20.5 Å². The molecule has 3 aromatic rings. The zero-order valence-electron chi connectivity index (χ0n) is 21.7. The van der Waals surface area contributed by atoms with E-state index < -0.39 is 52.7 Å². The molecule has 1 aromatic carbocycles. The molecule has 3 heterocycles. The summed E-state index contributed by atoms with van der Waals surface area (Å²) in [6.07, 6.45) is -3.37. The topological polar surface area (TPSA) is 120 Å². The molecule has 9 nitrogen and oxygen atoms in total. The number of pyridine rings is 1. The number of aliphatic hydroxyl groups is 1.